The maximum Gasteiger partial charge on any atom is 0.472 e. The molecule has 0 fully saturated rings. The van der Waals surface area contributed by atoms with Crippen molar-refractivity contribution in [2.45, 2.75) is 180 Å². The molecule has 49 heavy (non-hydrogen) atoms. The molecule has 0 aromatic carbocycles. The van der Waals surface area contributed by atoms with Crippen molar-refractivity contribution >= 4 is 19.8 Å². The first-order valence-corrected chi connectivity index (χ1v) is 20.8. The molecule has 0 aliphatic heterocycles. The molecule has 0 amide bonds. The maximum absolute atomic E-state index is 12.5. The van der Waals surface area contributed by atoms with E-state index in [4.69, 9.17) is 19.1 Å². The molecule has 0 aliphatic carbocycles. The molecule has 0 saturated heterocycles. The molecular formula is C38H71O10P. The van der Waals surface area contributed by atoms with Crippen molar-refractivity contribution in [2.75, 3.05) is 26.4 Å². The standard InChI is InChI=1S/C38H71O10P/c1-3-5-7-9-11-13-15-16-17-18-20-22-24-26-28-30-38(42)48-36(34-47-49(43,44)46-32-35(40)31-39)33-45-37(41)29-27-25-23-21-19-14-12-10-8-6-4-2/h16-17,20,22,35-36,39-40H,3-15,18-19,21,23-34H2,1-2H3,(H,43,44)/b17-16+,22-20+/t35-,36+/m0/s1. The molecule has 0 aromatic heterocycles. The third kappa shape index (κ3) is 34.7. The van der Waals surface area contributed by atoms with Gasteiger partial charge in [0.2, 0.25) is 0 Å². The van der Waals surface area contributed by atoms with Gasteiger partial charge in [-0.3, -0.25) is 18.6 Å². The second kappa shape index (κ2) is 34.9. The first kappa shape index (κ1) is 47.4. The van der Waals surface area contributed by atoms with Crippen molar-refractivity contribution in [1.82, 2.24) is 0 Å². The van der Waals surface area contributed by atoms with E-state index in [0.717, 1.165) is 44.9 Å². The van der Waals surface area contributed by atoms with Crippen molar-refractivity contribution in [1.29, 1.82) is 0 Å². The third-order valence-electron chi connectivity index (χ3n) is 8.11. The maximum atomic E-state index is 12.5. The molecule has 11 heteroatoms. The zero-order valence-electron chi connectivity index (χ0n) is 30.9. The number of hydrogen-bond donors (Lipinski definition) is 3. The predicted octanol–water partition coefficient (Wildman–Crippen LogP) is 9.44. The molecule has 0 radical (unpaired) electrons. The Kier molecular flexibility index (Phi) is 33.8. The number of esters is 2. The fraction of sp³-hybridized carbons (Fsp3) is 0.842. The van der Waals surface area contributed by atoms with E-state index in [1.54, 1.807) is 0 Å². The molecule has 0 spiro atoms. The van der Waals surface area contributed by atoms with Crippen molar-refractivity contribution < 1.29 is 47.8 Å². The smallest absolute Gasteiger partial charge is 0.462 e. The van der Waals surface area contributed by atoms with Crippen molar-refractivity contribution in [3.63, 3.8) is 0 Å². The molecule has 1 unspecified atom stereocenters. The molecular weight excluding hydrogens is 647 g/mol. The van der Waals surface area contributed by atoms with Gasteiger partial charge in [0.05, 0.1) is 19.8 Å². The number of ether oxygens (including phenoxy) is 2. The second-order valence-electron chi connectivity index (χ2n) is 13.0. The number of unbranched alkanes of at least 4 members (excludes halogenated alkanes) is 18. The van der Waals surface area contributed by atoms with E-state index < -0.39 is 51.8 Å². The van der Waals surface area contributed by atoms with Crippen LogP contribution in [0.15, 0.2) is 24.3 Å². The summed E-state index contributed by atoms with van der Waals surface area (Å²) in [4.78, 5) is 34.8. The van der Waals surface area contributed by atoms with Crippen LogP contribution in [0.4, 0.5) is 0 Å². The van der Waals surface area contributed by atoms with Crippen LogP contribution in [-0.4, -0.2) is 65.7 Å². The molecule has 0 aromatic rings. The normalized spacial score (nSPS) is 14.3. The number of aliphatic hydroxyl groups excluding tert-OH is 2. The molecule has 0 aliphatic rings. The van der Waals surface area contributed by atoms with Gasteiger partial charge < -0.3 is 24.6 Å². The Bertz CT molecular complexity index is 879. The highest BCUT2D eigenvalue weighted by Crippen LogP contribution is 2.43. The third-order valence-corrected chi connectivity index (χ3v) is 9.06. The van der Waals surface area contributed by atoms with E-state index in [1.807, 2.05) is 0 Å². The Morgan fingerprint density at radius 3 is 1.61 bits per heavy atom. The minimum Gasteiger partial charge on any atom is -0.462 e. The van der Waals surface area contributed by atoms with Gasteiger partial charge in [0.15, 0.2) is 6.10 Å². The van der Waals surface area contributed by atoms with Crippen LogP contribution in [-0.2, 0) is 32.7 Å². The Labute approximate surface area is 298 Å². The van der Waals surface area contributed by atoms with Gasteiger partial charge >= 0.3 is 19.8 Å². The number of aliphatic hydroxyl groups is 2. The van der Waals surface area contributed by atoms with E-state index in [1.165, 1.54) is 83.5 Å². The minimum absolute atomic E-state index is 0.144. The highest BCUT2D eigenvalue weighted by Gasteiger charge is 2.27. The number of phosphoric ester groups is 1. The van der Waals surface area contributed by atoms with Crippen molar-refractivity contribution in [3.8, 4) is 0 Å². The number of allylic oxidation sites excluding steroid dienone is 4. The molecule has 3 N–H and O–H groups in total. The lowest BCUT2D eigenvalue weighted by Crippen LogP contribution is -2.29. The van der Waals surface area contributed by atoms with Crippen LogP contribution in [0, 0.1) is 0 Å². The lowest BCUT2D eigenvalue weighted by molar-refractivity contribution is -0.161. The van der Waals surface area contributed by atoms with E-state index in [2.05, 4.69) is 42.7 Å². The van der Waals surface area contributed by atoms with E-state index >= 15 is 0 Å². The summed E-state index contributed by atoms with van der Waals surface area (Å²) in [6.45, 7) is 2.32. The van der Waals surface area contributed by atoms with Crippen LogP contribution >= 0.6 is 7.82 Å². The first-order chi connectivity index (χ1) is 23.7. The summed E-state index contributed by atoms with van der Waals surface area (Å²) in [5, 5.41) is 18.3. The SMILES string of the molecule is CCCCCCCC/C=C/C/C=C/CCCCC(=O)O[C@H](COC(=O)CCCCCCCCCCCCC)COP(=O)(O)OC[C@@H](O)CO. The monoisotopic (exact) mass is 718 g/mol. The Morgan fingerprint density at radius 1 is 0.612 bits per heavy atom. The summed E-state index contributed by atoms with van der Waals surface area (Å²) in [7, 11) is -4.61. The predicted molar refractivity (Wildman–Crippen MR) is 196 cm³/mol. The largest absolute Gasteiger partial charge is 0.472 e. The summed E-state index contributed by atoms with van der Waals surface area (Å²) >= 11 is 0. The van der Waals surface area contributed by atoms with Gasteiger partial charge in [0.1, 0.15) is 12.7 Å². The number of phosphoric acid groups is 1. The Morgan fingerprint density at radius 2 is 1.06 bits per heavy atom. The Balaban J connectivity index is 4.42. The summed E-state index contributed by atoms with van der Waals surface area (Å²) < 4.78 is 32.5. The van der Waals surface area contributed by atoms with Gasteiger partial charge in [0.25, 0.3) is 0 Å². The van der Waals surface area contributed by atoms with Gasteiger partial charge in [-0.25, -0.2) is 4.57 Å². The molecule has 3 atom stereocenters. The summed E-state index contributed by atoms with van der Waals surface area (Å²) in [6.07, 6.45) is 31.5. The highest BCUT2D eigenvalue weighted by atomic mass is 31.2. The van der Waals surface area contributed by atoms with Crippen LogP contribution in [0.5, 0.6) is 0 Å². The summed E-state index contributed by atoms with van der Waals surface area (Å²) in [5.74, 6) is -0.962. The van der Waals surface area contributed by atoms with Gasteiger partial charge in [-0.15, -0.1) is 0 Å². The first-order valence-electron chi connectivity index (χ1n) is 19.3. The van der Waals surface area contributed by atoms with Crippen LogP contribution in [0.25, 0.3) is 0 Å². The zero-order valence-corrected chi connectivity index (χ0v) is 31.8. The fourth-order valence-corrected chi connectivity index (χ4v) is 5.87. The lowest BCUT2D eigenvalue weighted by atomic mass is 10.1. The van der Waals surface area contributed by atoms with E-state index in [0.29, 0.717) is 12.8 Å². The summed E-state index contributed by atoms with van der Waals surface area (Å²) in [6, 6.07) is 0. The lowest BCUT2D eigenvalue weighted by Gasteiger charge is -2.20. The van der Waals surface area contributed by atoms with Crippen molar-refractivity contribution in [3.05, 3.63) is 24.3 Å². The van der Waals surface area contributed by atoms with E-state index in [-0.39, 0.29) is 19.4 Å². The number of rotatable bonds is 36. The van der Waals surface area contributed by atoms with Gasteiger partial charge in [-0.2, -0.15) is 0 Å². The molecule has 10 nitrogen and oxygen atoms in total. The minimum atomic E-state index is -4.61. The van der Waals surface area contributed by atoms with Gasteiger partial charge in [-0.1, -0.05) is 134 Å². The molecule has 288 valence electrons. The average Bonchev–Trinajstić information content (AvgIpc) is 3.09. The zero-order chi connectivity index (χ0) is 36.3. The molecule has 0 rings (SSSR count). The number of carbonyl (C=O) groups is 2. The van der Waals surface area contributed by atoms with Crippen molar-refractivity contribution in [2.24, 2.45) is 0 Å². The fourth-order valence-electron chi connectivity index (χ4n) is 5.08. The van der Waals surface area contributed by atoms with Crippen LogP contribution in [0.1, 0.15) is 168 Å². The molecule has 0 saturated carbocycles. The average molecular weight is 719 g/mol. The number of hydrogen-bond acceptors (Lipinski definition) is 9. The highest BCUT2D eigenvalue weighted by molar-refractivity contribution is 7.47. The van der Waals surface area contributed by atoms with Crippen LogP contribution in [0.3, 0.4) is 0 Å². The Hall–Kier alpha value is -1.55. The van der Waals surface area contributed by atoms with Gasteiger partial charge in [-0.05, 0) is 44.9 Å². The number of carbonyl (C=O) groups excluding carboxylic acids is 2. The summed E-state index contributed by atoms with van der Waals surface area (Å²) in [5.41, 5.74) is 0. The molecule has 0 heterocycles. The van der Waals surface area contributed by atoms with Gasteiger partial charge in [0, 0.05) is 12.8 Å². The second-order valence-corrected chi connectivity index (χ2v) is 14.4. The quantitative estimate of drug-likeness (QED) is 0.0248. The van der Waals surface area contributed by atoms with Crippen LogP contribution in [0.2, 0.25) is 0 Å². The van der Waals surface area contributed by atoms with E-state index in [9.17, 15) is 24.2 Å². The van der Waals surface area contributed by atoms with Crippen LogP contribution < -0.4 is 0 Å². The molecule has 0 bridgehead atoms. The topological polar surface area (TPSA) is 149 Å².